The van der Waals surface area contributed by atoms with Crippen LogP contribution in [0.3, 0.4) is 0 Å². The largest absolute Gasteiger partial charge is 0.349 e. The topological polar surface area (TPSA) is 49.6 Å². The van der Waals surface area contributed by atoms with Crippen molar-refractivity contribution in [3.63, 3.8) is 0 Å². The Morgan fingerprint density at radius 3 is 2.70 bits per heavy atom. The van der Waals surface area contributed by atoms with E-state index in [2.05, 4.69) is 15.2 Å². The SMILES string of the molecule is CN(C)C(CNC(=O)c1nc(C2CC2)n2ccccc12)c1ccccc1Cl. The van der Waals surface area contributed by atoms with Crippen LogP contribution in [0.4, 0.5) is 0 Å². The molecule has 1 aliphatic carbocycles. The summed E-state index contributed by atoms with van der Waals surface area (Å²) < 4.78 is 2.05. The molecule has 0 saturated heterocycles. The van der Waals surface area contributed by atoms with Crippen LogP contribution in [0.15, 0.2) is 48.7 Å². The highest BCUT2D eigenvalue weighted by molar-refractivity contribution is 6.31. The van der Waals surface area contributed by atoms with Crippen molar-refractivity contribution in [2.24, 2.45) is 0 Å². The molecule has 1 aromatic carbocycles. The number of carbonyl (C=O) groups excluding carboxylic acids is 1. The van der Waals surface area contributed by atoms with Gasteiger partial charge in [0.2, 0.25) is 0 Å². The summed E-state index contributed by atoms with van der Waals surface area (Å²) in [5, 5.41) is 3.76. The molecule has 140 valence electrons. The number of amides is 1. The Morgan fingerprint density at radius 1 is 1.26 bits per heavy atom. The van der Waals surface area contributed by atoms with Gasteiger partial charge in [-0.05, 0) is 50.7 Å². The number of pyridine rings is 1. The molecular formula is C21H23ClN4O. The van der Waals surface area contributed by atoms with E-state index >= 15 is 0 Å². The number of fused-ring (bicyclic) bond motifs is 1. The maximum absolute atomic E-state index is 12.9. The van der Waals surface area contributed by atoms with Crippen molar-refractivity contribution in [3.05, 3.63) is 70.8 Å². The first-order valence-corrected chi connectivity index (χ1v) is 9.60. The van der Waals surface area contributed by atoms with Crippen LogP contribution >= 0.6 is 11.6 Å². The molecular weight excluding hydrogens is 360 g/mol. The molecule has 6 heteroatoms. The number of hydrogen-bond acceptors (Lipinski definition) is 3. The fraction of sp³-hybridized carbons (Fsp3) is 0.333. The van der Waals surface area contributed by atoms with Crippen molar-refractivity contribution < 1.29 is 4.79 Å². The van der Waals surface area contributed by atoms with E-state index in [0.717, 1.165) is 29.7 Å². The van der Waals surface area contributed by atoms with E-state index in [4.69, 9.17) is 11.6 Å². The van der Waals surface area contributed by atoms with E-state index in [1.54, 1.807) is 0 Å². The van der Waals surface area contributed by atoms with Gasteiger partial charge < -0.3 is 14.6 Å². The van der Waals surface area contributed by atoms with Gasteiger partial charge in [-0.2, -0.15) is 0 Å². The zero-order valence-electron chi connectivity index (χ0n) is 15.5. The van der Waals surface area contributed by atoms with Gasteiger partial charge in [0, 0.05) is 23.7 Å². The van der Waals surface area contributed by atoms with Crippen LogP contribution in [0.25, 0.3) is 5.52 Å². The number of benzene rings is 1. The predicted molar refractivity (Wildman–Crippen MR) is 107 cm³/mol. The van der Waals surface area contributed by atoms with Crippen molar-refractivity contribution in [2.75, 3.05) is 20.6 Å². The molecule has 4 rings (SSSR count). The first-order chi connectivity index (χ1) is 13.1. The van der Waals surface area contributed by atoms with Crippen molar-refractivity contribution in [1.29, 1.82) is 0 Å². The minimum atomic E-state index is -0.149. The highest BCUT2D eigenvalue weighted by Gasteiger charge is 2.30. The van der Waals surface area contributed by atoms with Crippen LogP contribution in [0, 0.1) is 0 Å². The maximum Gasteiger partial charge on any atom is 0.272 e. The highest BCUT2D eigenvalue weighted by Crippen LogP contribution is 2.40. The van der Waals surface area contributed by atoms with Crippen molar-refractivity contribution in [1.82, 2.24) is 19.6 Å². The molecule has 3 aromatic rings. The van der Waals surface area contributed by atoms with Gasteiger partial charge in [0.15, 0.2) is 5.69 Å². The second kappa shape index (κ2) is 7.33. The molecule has 0 radical (unpaired) electrons. The summed E-state index contributed by atoms with van der Waals surface area (Å²) in [4.78, 5) is 19.7. The van der Waals surface area contributed by atoms with E-state index < -0.39 is 0 Å². The summed E-state index contributed by atoms with van der Waals surface area (Å²) in [6, 6.07) is 13.6. The molecule has 2 heterocycles. The second-order valence-corrected chi connectivity index (χ2v) is 7.67. The third-order valence-corrected chi connectivity index (χ3v) is 5.42. The van der Waals surface area contributed by atoms with Crippen LogP contribution in [-0.2, 0) is 0 Å². The van der Waals surface area contributed by atoms with Gasteiger partial charge in [-0.1, -0.05) is 35.9 Å². The second-order valence-electron chi connectivity index (χ2n) is 7.26. The number of hydrogen-bond donors (Lipinski definition) is 1. The summed E-state index contributed by atoms with van der Waals surface area (Å²) in [5.74, 6) is 1.31. The lowest BCUT2D eigenvalue weighted by Gasteiger charge is -2.25. The molecule has 1 unspecified atom stereocenters. The summed E-state index contributed by atoms with van der Waals surface area (Å²) in [5.41, 5.74) is 2.35. The van der Waals surface area contributed by atoms with Gasteiger partial charge in [-0.15, -0.1) is 0 Å². The maximum atomic E-state index is 12.9. The lowest BCUT2D eigenvalue weighted by Crippen LogP contribution is -2.35. The minimum Gasteiger partial charge on any atom is -0.349 e. The normalized spacial score (nSPS) is 15.3. The monoisotopic (exact) mass is 382 g/mol. The average molecular weight is 383 g/mol. The van der Waals surface area contributed by atoms with Gasteiger partial charge in [0.05, 0.1) is 11.6 Å². The summed E-state index contributed by atoms with van der Waals surface area (Å²) in [7, 11) is 3.97. The van der Waals surface area contributed by atoms with E-state index in [1.807, 2.05) is 67.2 Å². The van der Waals surface area contributed by atoms with Crippen molar-refractivity contribution in [3.8, 4) is 0 Å². The van der Waals surface area contributed by atoms with Gasteiger partial charge >= 0.3 is 0 Å². The summed E-state index contributed by atoms with van der Waals surface area (Å²) >= 11 is 6.36. The standard InChI is InChI=1S/C21H23ClN4O/c1-25(2)18(15-7-3-4-8-16(15)22)13-23-21(27)19-17-9-5-6-12-26(17)20(24-19)14-10-11-14/h3-9,12,14,18H,10-11,13H2,1-2H3,(H,23,27). The molecule has 0 aliphatic heterocycles. The van der Waals surface area contributed by atoms with Crippen LogP contribution < -0.4 is 5.32 Å². The van der Waals surface area contributed by atoms with E-state index in [1.165, 1.54) is 0 Å². The lowest BCUT2D eigenvalue weighted by molar-refractivity contribution is 0.0939. The van der Waals surface area contributed by atoms with Gasteiger partial charge in [0.25, 0.3) is 5.91 Å². The third kappa shape index (κ3) is 3.57. The third-order valence-electron chi connectivity index (χ3n) is 5.08. The quantitative estimate of drug-likeness (QED) is 0.703. The molecule has 0 spiro atoms. The zero-order chi connectivity index (χ0) is 19.0. The number of likely N-dealkylation sites (N-methyl/N-ethyl adjacent to an activating group) is 1. The van der Waals surface area contributed by atoms with E-state index in [9.17, 15) is 4.79 Å². The fourth-order valence-electron chi connectivity index (χ4n) is 3.45. The first kappa shape index (κ1) is 18.0. The molecule has 27 heavy (non-hydrogen) atoms. The summed E-state index contributed by atoms with van der Waals surface area (Å²) in [6.45, 7) is 0.459. The Hall–Kier alpha value is -2.37. The number of rotatable bonds is 6. The fourth-order valence-corrected chi connectivity index (χ4v) is 3.71. The Balaban J connectivity index is 1.57. The molecule has 1 fully saturated rings. The molecule has 1 amide bonds. The molecule has 5 nitrogen and oxygen atoms in total. The van der Waals surface area contributed by atoms with Crippen LogP contribution in [0.1, 0.15) is 46.7 Å². The number of carbonyl (C=O) groups is 1. The Labute approximate surface area is 164 Å². The number of nitrogens with one attached hydrogen (secondary N) is 1. The smallest absolute Gasteiger partial charge is 0.272 e. The number of imidazole rings is 1. The molecule has 1 saturated carbocycles. The van der Waals surface area contributed by atoms with Crippen LogP contribution in [-0.4, -0.2) is 40.8 Å². The molecule has 2 aromatic heterocycles. The Kier molecular flexibility index (Phi) is 4.89. The minimum absolute atomic E-state index is 0.0144. The Bertz CT molecular complexity index is 977. The number of aromatic nitrogens is 2. The van der Waals surface area contributed by atoms with E-state index in [-0.39, 0.29) is 11.9 Å². The first-order valence-electron chi connectivity index (χ1n) is 9.22. The molecule has 1 aliphatic rings. The van der Waals surface area contributed by atoms with Gasteiger partial charge in [-0.25, -0.2) is 4.98 Å². The average Bonchev–Trinajstić information content (AvgIpc) is 3.43. The van der Waals surface area contributed by atoms with Crippen LogP contribution in [0.2, 0.25) is 5.02 Å². The van der Waals surface area contributed by atoms with Crippen LogP contribution in [0.5, 0.6) is 0 Å². The summed E-state index contributed by atoms with van der Waals surface area (Å²) in [6.07, 6.45) is 4.27. The molecule has 1 atom stereocenters. The van der Waals surface area contributed by atoms with E-state index in [0.29, 0.717) is 23.2 Å². The number of halogens is 1. The zero-order valence-corrected chi connectivity index (χ0v) is 16.3. The predicted octanol–water partition coefficient (Wildman–Crippen LogP) is 3.90. The lowest BCUT2D eigenvalue weighted by atomic mass is 10.1. The van der Waals surface area contributed by atoms with Gasteiger partial charge in [-0.3, -0.25) is 4.79 Å². The number of nitrogens with zero attached hydrogens (tertiary/aromatic N) is 3. The van der Waals surface area contributed by atoms with Gasteiger partial charge in [0.1, 0.15) is 5.82 Å². The molecule has 0 bridgehead atoms. The van der Waals surface area contributed by atoms with Crippen molar-refractivity contribution >= 4 is 23.0 Å². The highest BCUT2D eigenvalue weighted by atomic mass is 35.5. The van der Waals surface area contributed by atoms with Crippen molar-refractivity contribution in [2.45, 2.75) is 24.8 Å². The molecule has 1 N–H and O–H groups in total. The Morgan fingerprint density at radius 2 is 2.00 bits per heavy atom.